The van der Waals surface area contributed by atoms with E-state index in [1.165, 1.54) is 10.6 Å². The zero-order valence-corrected chi connectivity index (χ0v) is 15.7. The molecule has 0 fully saturated rings. The number of nitrogens with zero attached hydrogens (tertiary/aromatic N) is 3. The van der Waals surface area contributed by atoms with Gasteiger partial charge in [-0.25, -0.2) is 9.78 Å². The standard InChI is InChI=1S/C24H15N3O3/c25-15-17-11-9-16(10-12-17)13-14-22-26-20-7-3-1-5-18(20)23(28)27(22)21-8-4-2-6-19(21)24(29)30/h1-14H,(H,29,30)/b14-13+. The number of carboxylic acids is 1. The molecule has 0 unspecified atom stereocenters. The van der Waals surface area contributed by atoms with Crippen molar-refractivity contribution in [1.29, 1.82) is 5.26 Å². The Morgan fingerprint density at radius 2 is 1.67 bits per heavy atom. The van der Waals surface area contributed by atoms with Gasteiger partial charge in [-0.2, -0.15) is 5.26 Å². The first-order valence-electron chi connectivity index (χ1n) is 9.11. The minimum absolute atomic E-state index is 0.00436. The van der Waals surface area contributed by atoms with Gasteiger partial charge in [0.25, 0.3) is 5.56 Å². The number of para-hydroxylation sites is 2. The fraction of sp³-hybridized carbons (Fsp3) is 0. The number of fused-ring (bicyclic) bond motifs is 1. The maximum absolute atomic E-state index is 13.3. The summed E-state index contributed by atoms with van der Waals surface area (Å²) >= 11 is 0. The topological polar surface area (TPSA) is 96.0 Å². The van der Waals surface area contributed by atoms with E-state index >= 15 is 0 Å². The molecule has 6 nitrogen and oxygen atoms in total. The molecular weight excluding hydrogens is 378 g/mol. The van der Waals surface area contributed by atoms with Crippen LogP contribution in [0.3, 0.4) is 0 Å². The van der Waals surface area contributed by atoms with E-state index in [9.17, 15) is 14.7 Å². The summed E-state index contributed by atoms with van der Waals surface area (Å²) < 4.78 is 1.31. The summed E-state index contributed by atoms with van der Waals surface area (Å²) in [5.74, 6) is -0.829. The molecule has 0 aliphatic carbocycles. The third kappa shape index (κ3) is 3.48. The number of hydrogen-bond donors (Lipinski definition) is 1. The normalized spacial score (nSPS) is 10.9. The van der Waals surface area contributed by atoms with Crippen LogP contribution in [0.25, 0.3) is 28.7 Å². The van der Waals surface area contributed by atoms with Gasteiger partial charge in [-0.1, -0.05) is 42.5 Å². The Morgan fingerprint density at radius 1 is 0.967 bits per heavy atom. The molecule has 0 saturated carbocycles. The number of hydrogen-bond acceptors (Lipinski definition) is 4. The van der Waals surface area contributed by atoms with Crippen LogP contribution >= 0.6 is 0 Å². The van der Waals surface area contributed by atoms with Gasteiger partial charge in [0.15, 0.2) is 0 Å². The van der Waals surface area contributed by atoms with Gasteiger partial charge in [-0.05, 0) is 48.0 Å². The fourth-order valence-electron chi connectivity index (χ4n) is 3.18. The third-order valence-electron chi connectivity index (χ3n) is 4.64. The van der Waals surface area contributed by atoms with Crippen molar-refractivity contribution in [1.82, 2.24) is 9.55 Å². The van der Waals surface area contributed by atoms with E-state index in [4.69, 9.17) is 5.26 Å². The number of carbonyl (C=O) groups is 1. The molecule has 4 aromatic rings. The van der Waals surface area contributed by atoms with Crippen molar-refractivity contribution in [2.45, 2.75) is 0 Å². The second kappa shape index (κ2) is 7.86. The molecule has 0 bridgehead atoms. The first-order chi connectivity index (χ1) is 14.6. The fourth-order valence-corrected chi connectivity index (χ4v) is 3.18. The molecule has 1 aromatic heterocycles. The van der Waals surface area contributed by atoms with Crippen molar-refractivity contribution in [3.05, 3.63) is 106 Å². The second-order valence-electron chi connectivity index (χ2n) is 6.52. The summed E-state index contributed by atoms with van der Waals surface area (Å²) in [4.78, 5) is 29.6. The SMILES string of the molecule is N#Cc1ccc(/C=C/c2nc3ccccc3c(=O)n2-c2ccccc2C(=O)O)cc1. The van der Waals surface area contributed by atoms with Gasteiger partial charge in [-0.3, -0.25) is 9.36 Å². The third-order valence-corrected chi connectivity index (χ3v) is 4.64. The molecule has 6 heteroatoms. The van der Waals surface area contributed by atoms with Gasteiger partial charge in [0.1, 0.15) is 5.82 Å². The first-order valence-corrected chi connectivity index (χ1v) is 9.11. The highest BCUT2D eigenvalue weighted by Crippen LogP contribution is 2.19. The molecule has 0 amide bonds. The Hall–Kier alpha value is -4.50. The predicted octanol–water partition coefficient (Wildman–Crippen LogP) is 4.13. The van der Waals surface area contributed by atoms with Gasteiger partial charge in [0, 0.05) is 0 Å². The number of rotatable bonds is 4. The molecular formula is C24H15N3O3. The Morgan fingerprint density at radius 3 is 2.40 bits per heavy atom. The van der Waals surface area contributed by atoms with Crippen LogP contribution in [0.1, 0.15) is 27.3 Å². The van der Waals surface area contributed by atoms with Crippen LogP contribution in [0, 0.1) is 11.3 Å². The molecule has 0 radical (unpaired) electrons. The average molecular weight is 393 g/mol. The highest BCUT2D eigenvalue weighted by molar-refractivity contribution is 5.92. The summed E-state index contributed by atoms with van der Waals surface area (Å²) in [6.07, 6.45) is 3.42. The lowest BCUT2D eigenvalue weighted by Crippen LogP contribution is -2.24. The number of nitriles is 1. The maximum Gasteiger partial charge on any atom is 0.337 e. The van der Waals surface area contributed by atoms with Crippen LogP contribution in [0.5, 0.6) is 0 Å². The van der Waals surface area contributed by atoms with E-state index in [2.05, 4.69) is 11.1 Å². The van der Waals surface area contributed by atoms with Crippen LogP contribution in [-0.4, -0.2) is 20.6 Å². The molecule has 0 saturated heterocycles. The molecule has 1 heterocycles. The van der Waals surface area contributed by atoms with Crippen molar-refractivity contribution in [3.63, 3.8) is 0 Å². The minimum atomic E-state index is -1.13. The molecule has 1 N–H and O–H groups in total. The van der Waals surface area contributed by atoms with Crippen molar-refractivity contribution in [3.8, 4) is 11.8 Å². The summed E-state index contributed by atoms with van der Waals surface area (Å²) in [7, 11) is 0. The number of benzene rings is 3. The molecule has 0 aliphatic heterocycles. The molecule has 0 spiro atoms. The van der Waals surface area contributed by atoms with Gasteiger partial charge in [0.2, 0.25) is 0 Å². The smallest absolute Gasteiger partial charge is 0.337 e. The summed E-state index contributed by atoms with van der Waals surface area (Å²) in [5, 5.41) is 18.9. The van der Waals surface area contributed by atoms with E-state index in [0.29, 0.717) is 22.3 Å². The van der Waals surface area contributed by atoms with Crippen molar-refractivity contribution >= 4 is 29.0 Å². The van der Waals surface area contributed by atoms with Gasteiger partial charge in [0.05, 0.1) is 33.8 Å². The molecule has 4 rings (SSSR count). The van der Waals surface area contributed by atoms with Gasteiger partial charge in [-0.15, -0.1) is 0 Å². The lowest BCUT2D eigenvalue weighted by molar-refractivity contribution is 0.0697. The van der Waals surface area contributed by atoms with Crippen LogP contribution in [0.15, 0.2) is 77.6 Å². The predicted molar refractivity (Wildman–Crippen MR) is 114 cm³/mol. The van der Waals surface area contributed by atoms with Gasteiger partial charge < -0.3 is 5.11 Å². The Balaban J connectivity index is 1.96. The van der Waals surface area contributed by atoms with E-state index in [1.54, 1.807) is 78.9 Å². The number of carboxylic acid groups (broad SMARTS) is 1. The zero-order chi connectivity index (χ0) is 21.1. The van der Waals surface area contributed by atoms with Crippen LogP contribution < -0.4 is 5.56 Å². The van der Waals surface area contributed by atoms with E-state index in [-0.39, 0.29) is 16.8 Å². The molecule has 144 valence electrons. The van der Waals surface area contributed by atoms with Crippen LogP contribution in [0.2, 0.25) is 0 Å². The Kier molecular flexibility index (Phi) is 4.93. The van der Waals surface area contributed by atoms with E-state index in [0.717, 1.165) is 5.56 Å². The molecule has 3 aromatic carbocycles. The first kappa shape index (κ1) is 18.8. The highest BCUT2D eigenvalue weighted by atomic mass is 16.4. The maximum atomic E-state index is 13.3. The zero-order valence-electron chi connectivity index (χ0n) is 15.7. The largest absolute Gasteiger partial charge is 0.478 e. The van der Waals surface area contributed by atoms with Gasteiger partial charge >= 0.3 is 5.97 Å². The van der Waals surface area contributed by atoms with Crippen molar-refractivity contribution in [2.75, 3.05) is 0 Å². The van der Waals surface area contributed by atoms with Crippen LogP contribution in [-0.2, 0) is 0 Å². The summed E-state index contributed by atoms with van der Waals surface area (Å²) in [5.41, 5.74) is 1.77. The van der Waals surface area contributed by atoms with Crippen LogP contribution in [0.4, 0.5) is 0 Å². The van der Waals surface area contributed by atoms with E-state index in [1.807, 2.05) is 0 Å². The Labute approximate surface area is 171 Å². The monoisotopic (exact) mass is 393 g/mol. The second-order valence-corrected chi connectivity index (χ2v) is 6.52. The van der Waals surface area contributed by atoms with Crippen molar-refractivity contribution < 1.29 is 9.90 Å². The molecule has 0 aliphatic rings. The lowest BCUT2D eigenvalue weighted by atomic mass is 10.1. The minimum Gasteiger partial charge on any atom is -0.478 e. The average Bonchev–Trinajstić information content (AvgIpc) is 2.78. The Bertz CT molecular complexity index is 1390. The van der Waals surface area contributed by atoms with E-state index < -0.39 is 5.97 Å². The van der Waals surface area contributed by atoms with Crippen molar-refractivity contribution in [2.24, 2.45) is 0 Å². The number of aromatic carboxylic acids is 1. The molecule has 30 heavy (non-hydrogen) atoms. The highest BCUT2D eigenvalue weighted by Gasteiger charge is 2.16. The summed E-state index contributed by atoms with van der Waals surface area (Å²) in [6.45, 7) is 0. The summed E-state index contributed by atoms with van der Waals surface area (Å²) in [6, 6.07) is 22.3. The molecule has 0 atom stereocenters. The quantitative estimate of drug-likeness (QED) is 0.562. The number of aromatic nitrogens is 2. The lowest BCUT2D eigenvalue weighted by Gasteiger charge is -2.13.